The third kappa shape index (κ3) is 6.25. The lowest BCUT2D eigenvalue weighted by Crippen LogP contribution is -2.32. The van der Waals surface area contributed by atoms with E-state index in [4.69, 9.17) is 10.8 Å². The van der Waals surface area contributed by atoms with Gasteiger partial charge >= 0.3 is 0 Å². The average molecular weight is 183 g/mol. The van der Waals surface area contributed by atoms with E-state index < -0.39 is 6.04 Å². The van der Waals surface area contributed by atoms with Crippen molar-refractivity contribution in [1.82, 2.24) is 0 Å². The van der Waals surface area contributed by atoms with Crippen molar-refractivity contribution in [3.8, 4) is 0 Å². The first kappa shape index (κ1) is 12.1. The van der Waals surface area contributed by atoms with E-state index >= 15 is 0 Å². The maximum atomic E-state index is 11.0. The van der Waals surface area contributed by atoms with Crippen LogP contribution in [-0.2, 0) is 4.79 Å². The van der Waals surface area contributed by atoms with Crippen LogP contribution in [0.2, 0.25) is 0 Å². The van der Waals surface area contributed by atoms with Crippen molar-refractivity contribution >= 4 is 5.78 Å². The molecule has 0 saturated carbocycles. The lowest BCUT2D eigenvalue weighted by molar-refractivity contribution is -0.116. The van der Waals surface area contributed by atoms with Crippen molar-refractivity contribution in [3.63, 3.8) is 0 Å². The SMILES string of the molecule is C/C=C\CC/C=C/C(=O)C(N)CO. The molecule has 3 N–H and O–H groups in total. The quantitative estimate of drug-likeness (QED) is 0.363. The van der Waals surface area contributed by atoms with Gasteiger partial charge in [-0.2, -0.15) is 0 Å². The molecule has 0 amide bonds. The maximum absolute atomic E-state index is 11.0. The first-order valence-corrected chi connectivity index (χ1v) is 4.40. The molecule has 0 fully saturated rings. The van der Waals surface area contributed by atoms with Gasteiger partial charge in [0.2, 0.25) is 0 Å². The van der Waals surface area contributed by atoms with Crippen LogP contribution in [0.25, 0.3) is 0 Å². The number of nitrogens with two attached hydrogens (primary N) is 1. The Morgan fingerprint density at radius 2 is 2.08 bits per heavy atom. The largest absolute Gasteiger partial charge is 0.394 e. The summed E-state index contributed by atoms with van der Waals surface area (Å²) in [7, 11) is 0. The first-order valence-electron chi connectivity index (χ1n) is 4.40. The third-order valence-corrected chi connectivity index (χ3v) is 1.58. The van der Waals surface area contributed by atoms with Crippen molar-refractivity contribution in [2.24, 2.45) is 5.73 Å². The van der Waals surface area contributed by atoms with E-state index in [2.05, 4.69) is 0 Å². The number of rotatable bonds is 6. The average Bonchev–Trinajstić information content (AvgIpc) is 2.16. The van der Waals surface area contributed by atoms with E-state index in [0.717, 1.165) is 12.8 Å². The van der Waals surface area contributed by atoms with Gasteiger partial charge in [0.05, 0.1) is 12.6 Å². The van der Waals surface area contributed by atoms with Crippen molar-refractivity contribution in [1.29, 1.82) is 0 Å². The summed E-state index contributed by atoms with van der Waals surface area (Å²) in [6, 6.07) is -0.766. The maximum Gasteiger partial charge on any atom is 0.174 e. The summed E-state index contributed by atoms with van der Waals surface area (Å²) >= 11 is 0. The number of hydrogen-bond donors (Lipinski definition) is 2. The van der Waals surface area contributed by atoms with Crippen molar-refractivity contribution in [2.75, 3.05) is 6.61 Å². The van der Waals surface area contributed by atoms with Crippen LogP contribution in [0.15, 0.2) is 24.3 Å². The minimum absolute atomic E-state index is 0.219. The molecule has 0 radical (unpaired) electrons. The Bertz CT molecular complexity index is 197. The van der Waals surface area contributed by atoms with Crippen LogP contribution in [0.1, 0.15) is 19.8 Å². The Labute approximate surface area is 78.9 Å². The zero-order chi connectivity index (χ0) is 10.1. The molecule has 1 atom stereocenters. The van der Waals surface area contributed by atoms with Crippen molar-refractivity contribution in [2.45, 2.75) is 25.8 Å². The van der Waals surface area contributed by atoms with Gasteiger partial charge in [-0.25, -0.2) is 0 Å². The highest BCUT2D eigenvalue weighted by Gasteiger charge is 2.06. The van der Waals surface area contributed by atoms with Gasteiger partial charge in [-0.15, -0.1) is 0 Å². The van der Waals surface area contributed by atoms with Gasteiger partial charge in [-0.1, -0.05) is 18.2 Å². The Hall–Kier alpha value is -0.930. The number of hydrogen-bond acceptors (Lipinski definition) is 3. The number of ketones is 1. The summed E-state index contributed by atoms with van der Waals surface area (Å²) in [5.74, 6) is -0.219. The van der Waals surface area contributed by atoms with Gasteiger partial charge in [-0.05, 0) is 25.8 Å². The van der Waals surface area contributed by atoms with Crippen LogP contribution < -0.4 is 5.73 Å². The fraction of sp³-hybridized carbons (Fsp3) is 0.500. The zero-order valence-corrected chi connectivity index (χ0v) is 7.94. The van der Waals surface area contributed by atoms with Gasteiger partial charge < -0.3 is 10.8 Å². The monoisotopic (exact) mass is 183 g/mol. The highest BCUT2D eigenvalue weighted by atomic mass is 16.3. The van der Waals surface area contributed by atoms with E-state index in [-0.39, 0.29) is 12.4 Å². The van der Waals surface area contributed by atoms with Gasteiger partial charge in [0.25, 0.3) is 0 Å². The fourth-order valence-corrected chi connectivity index (χ4v) is 0.772. The second kappa shape index (κ2) is 7.71. The van der Waals surface area contributed by atoms with Crippen molar-refractivity contribution < 1.29 is 9.90 Å². The second-order valence-corrected chi connectivity index (χ2v) is 2.74. The summed E-state index contributed by atoms with van der Waals surface area (Å²) in [4.78, 5) is 11.0. The Kier molecular flexibility index (Phi) is 7.15. The summed E-state index contributed by atoms with van der Waals surface area (Å²) in [5.41, 5.74) is 5.29. The highest BCUT2D eigenvalue weighted by Crippen LogP contribution is 1.93. The number of allylic oxidation sites excluding steroid dienone is 3. The summed E-state index contributed by atoms with van der Waals surface area (Å²) in [6.07, 6.45) is 8.96. The van der Waals surface area contributed by atoms with Crippen LogP contribution in [0.4, 0.5) is 0 Å². The minimum atomic E-state index is -0.766. The molecule has 0 heterocycles. The number of aliphatic hydroxyl groups excluding tert-OH is 1. The lowest BCUT2D eigenvalue weighted by atomic mass is 10.2. The Morgan fingerprint density at radius 3 is 2.62 bits per heavy atom. The number of carbonyl (C=O) groups excluding carboxylic acids is 1. The predicted molar refractivity (Wildman–Crippen MR) is 53.3 cm³/mol. The van der Waals surface area contributed by atoms with Crippen LogP contribution in [0.3, 0.4) is 0 Å². The third-order valence-electron chi connectivity index (χ3n) is 1.58. The molecule has 0 aromatic heterocycles. The van der Waals surface area contributed by atoms with E-state index in [1.165, 1.54) is 6.08 Å². The molecule has 0 spiro atoms. The number of aliphatic hydroxyl groups is 1. The highest BCUT2D eigenvalue weighted by molar-refractivity contribution is 5.94. The molecular formula is C10H17NO2. The predicted octanol–water partition coefficient (Wildman–Crippen LogP) is 0.788. The molecule has 0 bridgehead atoms. The zero-order valence-electron chi connectivity index (χ0n) is 7.94. The number of carbonyl (C=O) groups is 1. The van der Waals surface area contributed by atoms with Gasteiger partial charge in [0, 0.05) is 0 Å². The van der Waals surface area contributed by atoms with E-state index in [0.29, 0.717) is 0 Å². The van der Waals surface area contributed by atoms with Crippen molar-refractivity contribution in [3.05, 3.63) is 24.3 Å². The standard InChI is InChI=1S/C10H17NO2/c1-2-3-4-5-6-7-10(13)9(11)8-12/h2-3,6-7,9,12H,4-5,8,11H2,1H3/b3-2-,7-6+. The molecule has 13 heavy (non-hydrogen) atoms. The second-order valence-electron chi connectivity index (χ2n) is 2.74. The summed E-state index contributed by atoms with van der Waals surface area (Å²) in [5, 5.41) is 8.56. The molecule has 3 heteroatoms. The van der Waals surface area contributed by atoms with Gasteiger partial charge in [0.15, 0.2) is 5.78 Å². The first-order chi connectivity index (χ1) is 6.22. The molecule has 0 aromatic rings. The van der Waals surface area contributed by atoms with Crippen LogP contribution >= 0.6 is 0 Å². The molecule has 0 aliphatic rings. The molecule has 74 valence electrons. The van der Waals surface area contributed by atoms with Crippen LogP contribution in [-0.4, -0.2) is 23.5 Å². The number of unbranched alkanes of at least 4 members (excludes halogenated alkanes) is 1. The Morgan fingerprint density at radius 1 is 1.46 bits per heavy atom. The van der Waals surface area contributed by atoms with Gasteiger partial charge in [0.1, 0.15) is 0 Å². The summed E-state index contributed by atoms with van der Waals surface area (Å²) < 4.78 is 0. The Balaban J connectivity index is 3.65. The summed E-state index contributed by atoms with van der Waals surface area (Å²) in [6.45, 7) is 1.66. The van der Waals surface area contributed by atoms with E-state index in [9.17, 15) is 4.79 Å². The van der Waals surface area contributed by atoms with Crippen LogP contribution in [0.5, 0.6) is 0 Å². The molecule has 0 rings (SSSR count). The normalized spacial score (nSPS) is 14.1. The molecule has 3 nitrogen and oxygen atoms in total. The van der Waals surface area contributed by atoms with Crippen LogP contribution in [0, 0.1) is 0 Å². The topological polar surface area (TPSA) is 63.3 Å². The molecule has 0 saturated heterocycles. The molecule has 0 aromatic carbocycles. The molecule has 0 aliphatic heterocycles. The molecule has 0 aliphatic carbocycles. The van der Waals surface area contributed by atoms with Gasteiger partial charge in [-0.3, -0.25) is 4.79 Å². The van der Waals surface area contributed by atoms with E-state index in [1.807, 2.05) is 19.1 Å². The smallest absolute Gasteiger partial charge is 0.174 e. The van der Waals surface area contributed by atoms with E-state index in [1.54, 1.807) is 6.08 Å². The fourth-order valence-electron chi connectivity index (χ4n) is 0.772. The molecule has 1 unspecified atom stereocenters. The lowest BCUT2D eigenvalue weighted by Gasteiger charge is -2.00. The molecular weight excluding hydrogens is 166 g/mol. The minimum Gasteiger partial charge on any atom is -0.394 e.